The lowest BCUT2D eigenvalue weighted by Gasteiger charge is -2.18. The third kappa shape index (κ3) is 3.22. The number of phenols is 1. The van der Waals surface area contributed by atoms with Gasteiger partial charge in [0.05, 0.1) is 12.8 Å². The molecule has 1 atom stereocenters. The number of anilines is 1. The molecule has 4 N–H and O–H groups in total. The largest absolute Gasteiger partial charge is 0.504 e. The Labute approximate surface area is 121 Å². The molecule has 0 bridgehead atoms. The highest BCUT2D eigenvalue weighted by Gasteiger charge is 2.20. The minimum atomic E-state index is -0.948. The van der Waals surface area contributed by atoms with Gasteiger partial charge >= 0.3 is 0 Å². The lowest BCUT2D eigenvalue weighted by atomic mass is 10.0. The number of amides is 1. The summed E-state index contributed by atoms with van der Waals surface area (Å²) in [6, 6.07) is 9.38. The monoisotopic (exact) mass is 290 g/mol. The molecular formula is C15H15FN2O3. The molecular weight excluding hydrogens is 275 g/mol. The van der Waals surface area contributed by atoms with Gasteiger partial charge in [0.1, 0.15) is 11.9 Å². The summed E-state index contributed by atoms with van der Waals surface area (Å²) < 4.78 is 18.6. The first-order valence-electron chi connectivity index (χ1n) is 6.20. The summed E-state index contributed by atoms with van der Waals surface area (Å²) in [6.45, 7) is 0. The van der Waals surface area contributed by atoms with E-state index in [4.69, 9.17) is 10.5 Å². The average molecular weight is 290 g/mol. The maximum absolute atomic E-state index is 13.7. The average Bonchev–Trinajstić information content (AvgIpc) is 2.47. The minimum Gasteiger partial charge on any atom is -0.504 e. The van der Waals surface area contributed by atoms with Gasteiger partial charge in [0.2, 0.25) is 5.91 Å². The highest BCUT2D eigenvalue weighted by Crippen LogP contribution is 2.30. The molecule has 0 fully saturated rings. The van der Waals surface area contributed by atoms with Gasteiger partial charge in [0.15, 0.2) is 11.5 Å². The highest BCUT2D eigenvalue weighted by atomic mass is 19.1. The molecule has 1 unspecified atom stereocenters. The molecule has 0 aliphatic carbocycles. The van der Waals surface area contributed by atoms with Crippen LogP contribution in [0.2, 0.25) is 0 Å². The molecule has 2 rings (SSSR count). The number of primary amides is 1. The normalized spacial score (nSPS) is 11.7. The molecule has 6 heteroatoms. The Morgan fingerprint density at radius 1 is 1.33 bits per heavy atom. The van der Waals surface area contributed by atoms with E-state index in [1.807, 2.05) is 0 Å². The molecule has 21 heavy (non-hydrogen) atoms. The SMILES string of the molecule is COc1cc(C(Nc2ccccc2F)C(N)=O)ccc1O. The van der Waals surface area contributed by atoms with E-state index in [0.717, 1.165) is 0 Å². The van der Waals surface area contributed by atoms with Crippen LogP contribution >= 0.6 is 0 Å². The smallest absolute Gasteiger partial charge is 0.244 e. The van der Waals surface area contributed by atoms with E-state index < -0.39 is 17.8 Å². The number of ether oxygens (including phenoxy) is 1. The first-order chi connectivity index (χ1) is 10.0. The van der Waals surface area contributed by atoms with Gasteiger partial charge in [-0.1, -0.05) is 18.2 Å². The van der Waals surface area contributed by atoms with Crippen LogP contribution < -0.4 is 15.8 Å². The zero-order chi connectivity index (χ0) is 15.4. The number of para-hydroxylation sites is 1. The van der Waals surface area contributed by atoms with Gasteiger partial charge in [-0.2, -0.15) is 0 Å². The molecule has 0 heterocycles. The number of halogens is 1. The third-order valence-corrected chi connectivity index (χ3v) is 3.00. The quantitative estimate of drug-likeness (QED) is 0.788. The van der Waals surface area contributed by atoms with Crippen molar-refractivity contribution < 1.29 is 19.0 Å². The molecule has 0 saturated heterocycles. The van der Waals surface area contributed by atoms with Crippen molar-refractivity contribution in [3.63, 3.8) is 0 Å². The van der Waals surface area contributed by atoms with Crippen molar-refractivity contribution in [1.82, 2.24) is 0 Å². The second-order valence-electron chi connectivity index (χ2n) is 4.39. The van der Waals surface area contributed by atoms with Crippen molar-refractivity contribution >= 4 is 11.6 Å². The van der Waals surface area contributed by atoms with E-state index in [2.05, 4.69) is 5.32 Å². The van der Waals surface area contributed by atoms with Crippen LogP contribution in [0, 0.1) is 5.82 Å². The van der Waals surface area contributed by atoms with Crippen molar-refractivity contribution in [2.45, 2.75) is 6.04 Å². The van der Waals surface area contributed by atoms with Gasteiger partial charge in [-0.05, 0) is 29.8 Å². The first kappa shape index (κ1) is 14.6. The van der Waals surface area contributed by atoms with Crippen LogP contribution in [0.1, 0.15) is 11.6 Å². The fourth-order valence-electron chi connectivity index (χ4n) is 1.93. The molecule has 0 saturated carbocycles. The van der Waals surface area contributed by atoms with Crippen LogP contribution in [0.3, 0.4) is 0 Å². The lowest BCUT2D eigenvalue weighted by molar-refractivity contribution is -0.118. The number of nitrogens with two attached hydrogens (primary N) is 1. The summed E-state index contributed by atoms with van der Waals surface area (Å²) >= 11 is 0. The predicted molar refractivity (Wildman–Crippen MR) is 76.6 cm³/mol. The van der Waals surface area contributed by atoms with Crippen LogP contribution in [0.25, 0.3) is 0 Å². The standard InChI is InChI=1S/C15H15FN2O3/c1-21-13-8-9(6-7-12(13)19)14(15(17)20)18-11-5-3-2-4-10(11)16/h2-8,14,18-19H,1H3,(H2,17,20). The topological polar surface area (TPSA) is 84.6 Å². The molecule has 110 valence electrons. The van der Waals surface area contributed by atoms with Crippen LogP contribution in [0.15, 0.2) is 42.5 Å². The van der Waals surface area contributed by atoms with Crippen molar-refractivity contribution in [2.24, 2.45) is 5.73 Å². The van der Waals surface area contributed by atoms with Crippen LogP contribution in [-0.4, -0.2) is 18.1 Å². The van der Waals surface area contributed by atoms with E-state index in [1.54, 1.807) is 12.1 Å². The third-order valence-electron chi connectivity index (χ3n) is 3.00. The van der Waals surface area contributed by atoms with E-state index in [9.17, 15) is 14.3 Å². The number of carbonyl (C=O) groups excluding carboxylic acids is 1. The number of rotatable bonds is 5. The Balaban J connectivity index is 2.36. The molecule has 1 amide bonds. The van der Waals surface area contributed by atoms with Gasteiger partial charge < -0.3 is 20.9 Å². The zero-order valence-electron chi connectivity index (χ0n) is 11.3. The summed E-state index contributed by atoms with van der Waals surface area (Å²) in [7, 11) is 1.39. The first-order valence-corrected chi connectivity index (χ1v) is 6.20. The number of nitrogens with one attached hydrogen (secondary N) is 1. The Morgan fingerprint density at radius 3 is 2.67 bits per heavy atom. The van der Waals surface area contributed by atoms with Gasteiger partial charge in [0.25, 0.3) is 0 Å². The summed E-state index contributed by atoms with van der Waals surface area (Å²) in [4.78, 5) is 11.6. The number of hydrogen-bond acceptors (Lipinski definition) is 4. The van der Waals surface area contributed by atoms with Crippen molar-refractivity contribution in [1.29, 1.82) is 0 Å². The molecule has 0 spiro atoms. The van der Waals surface area contributed by atoms with E-state index in [-0.39, 0.29) is 17.2 Å². The van der Waals surface area contributed by atoms with Crippen LogP contribution in [0.5, 0.6) is 11.5 Å². The Morgan fingerprint density at radius 2 is 2.05 bits per heavy atom. The zero-order valence-corrected chi connectivity index (χ0v) is 11.3. The second kappa shape index (κ2) is 6.13. The fraction of sp³-hybridized carbons (Fsp3) is 0.133. The summed E-state index contributed by atoms with van der Waals surface area (Å²) in [6.07, 6.45) is 0. The predicted octanol–water partition coefficient (Wildman–Crippen LogP) is 2.18. The van der Waals surface area contributed by atoms with Crippen LogP contribution in [0.4, 0.5) is 10.1 Å². The molecule has 5 nitrogen and oxygen atoms in total. The van der Waals surface area contributed by atoms with Crippen molar-refractivity contribution in [3.05, 3.63) is 53.8 Å². The Hall–Kier alpha value is -2.76. The van der Waals surface area contributed by atoms with E-state index in [0.29, 0.717) is 5.56 Å². The lowest BCUT2D eigenvalue weighted by Crippen LogP contribution is -2.28. The number of phenolic OH excluding ortho intramolecular Hbond substituents is 1. The number of benzene rings is 2. The molecule has 2 aromatic carbocycles. The maximum atomic E-state index is 13.7. The molecule has 0 aromatic heterocycles. The Bertz CT molecular complexity index is 661. The Kier molecular flexibility index (Phi) is 4.27. The minimum absolute atomic E-state index is 0.0598. The number of carbonyl (C=O) groups is 1. The summed E-state index contributed by atoms with van der Waals surface area (Å²) in [5.74, 6) is -1.02. The fourth-order valence-corrected chi connectivity index (χ4v) is 1.93. The number of aromatic hydroxyl groups is 1. The summed E-state index contributed by atoms with van der Waals surface area (Å²) in [5, 5.41) is 12.3. The van der Waals surface area contributed by atoms with Gasteiger partial charge in [-0.15, -0.1) is 0 Å². The van der Waals surface area contributed by atoms with Gasteiger partial charge in [-0.25, -0.2) is 4.39 Å². The second-order valence-corrected chi connectivity index (χ2v) is 4.39. The summed E-state index contributed by atoms with van der Waals surface area (Å²) in [5.41, 5.74) is 5.99. The molecule has 0 aliphatic rings. The van der Waals surface area contributed by atoms with E-state index in [1.165, 1.54) is 37.4 Å². The maximum Gasteiger partial charge on any atom is 0.244 e. The number of hydrogen-bond donors (Lipinski definition) is 3. The molecule has 2 aromatic rings. The molecule has 0 radical (unpaired) electrons. The molecule has 0 aliphatic heterocycles. The van der Waals surface area contributed by atoms with Gasteiger partial charge in [-0.3, -0.25) is 4.79 Å². The van der Waals surface area contributed by atoms with Crippen LogP contribution in [-0.2, 0) is 4.79 Å². The van der Waals surface area contributed by atoms with Crippen molar-refractivity contribution in [3.8, 4) is 11.5 Å². The van der Waals surface area contributed by atoms with Gasteiger partial charge in [0, 0.05) is 0 Å². The van der Waals surface area contributed by atoms with E-state index >= 15 is 0 Å². The van der Waals surface area contributed by atoms with Crippen molar-refractivity contribution in [2.75, 3.05) is 12.4 Å². The highest BCUT2D eigenvalue weighted by molar-refractivity contribution is 5.84. The number of methoxy groups -OCH3 is 1.